The minimum absolute atomic E-state index is 0.0375. The summed E-state index contributed by atoms with van der Waals surface area (Å²) in [6, 6.07) is 6.74. The van der Waals surface area contributed by atoms with Crippen LogP contribution in [0.4, 0.5) is 0 Å². The van der Waals surface area contributed by atoms with Crippen LogP contribution in [0.15, 0.2) is 24.3 Å². The number of fused-ring (bicyclic) bond motifs is 1. The Morgan fingerprint density at radius 3 is 1.94 bits per heavy atom. The molecule has 0 saturated heterocycles. The van der Waals surface area contributed by atoms with Crippen molar-refractivity contribution in [2.75, 3.05) is 6.54 Å². The van der Waals surface area contributed by atoms with Crippen molar-refractivity contribution in [3.63, 3.8) is 0 Å². The monoisotopic (exact) mass is 247 g/mol. The van der Waals surface area contributed by atoms with E-state index in [0.29, 0.717) is 11.1 Å². The average molecular weight is 247 g/mol. The van der Waals surface area contributed by atoms with Crippen molar-refractivity contribution < 1.29 is 14.7 Å². The zero-order chi connectivity index (χ0) is 13.5. The fourth-order valence-electron chi connectivity index (χ4n) is 1.85. The fourth-order valence-corrected chi connectivity index (χ4v) is 1.85. The molecule has 1 heterocycles. The molecule has 0 aliphatic carbocycles. The van der Waals surface area contributed by atoms with Crippen molar-refractivity contribution >= 4 is 11.8 Å². The molecular weight excluding hydrogens is 230 g/mol. The first-order chi connectivity index (χ1) is 8.32. The molecule has 4 nitrogen and oxygen atoms in total. The quantitative estimate of drug-likeness (QED) is 0.809. The van der Waals surface area contributed by atoms with Crippen LogP contribution in [0.25, 0.3) is 0 Å². The number of carbonyl (C=O) groups excluding carboxylic acids is 2. The molecule has 1 aliphatic heterocycles. The van der Waals surface area contributed by atoms with Crippen molar-refractivity contribution in [3.05, 3.63) is 35.4 Å². The van der Waals surface area contributed by atoms with Gasteiger partial charge in [0.05, 0.1) is 23.8 Å². The lowest BCUT2D eigenvalue weighted by Gasteiger charge is -2.28. The number of imide groups is 1. The summed E-state index contributed by atoms with van der Waals surface area (Å²) >= 11 is 0. The zero-order valence-electron chi connectivity index (χ0n) is 10.8. The van der Waals surface area contributed by atoms with E-state index >= 15 is 0 Å². The summed E-state index contributed by atoms with van der Waals surface area (Å²) in [5, 5.41) is 10.0. The van der Waals surface area contributed by atoms with Gasteiger partial charge in [-0.2, -0.15) is 0 Å². The highest BCUT2D eigenvalue weighted by Crippen LogP contribution is 2.26. The second-order valence-corrected chi connectivity index (χ2v) is 5.65. The Hall–Kier alpha value is -1.68. The van der Waals surface area contributed by atoms with E-state index in [1.54, 1.807) is 24.3 Å². The number of β-amino-alcohol motifs (C(OH)–C–C–N with tert-alkyl or cyclic N) is 1. The molecule has 2 rings (SSSR count). The molecule has 1 atom stereocenters. The lowest BCUT2D eigenvalue weighted by molar-refractivity contribution is 0.0260. The summed E-state index contributed by atoms with van der Waals surface area (Å²) in [7, 11) is 0. The highest BCUT2D eigenvalue weighted by molar-refractivity contribution is 6.21. The van der Waals surface area contributed by atoms with Gasteiger partial charge < -0.3 is 5.11 Å². The number of aliphatic hydroxyl groups excluding tert-OH is 1. The Kier molecular flexibility index (Phi) is 2.99. The molecule has 18 heavy (non-hydrogen) atoms. The molecule has 0 radical (unpaired) electrons. The second-order valence-electron chi connectivity index (χ2n) is 5.65. The molecule has 0 spiro atoms. The fraction of sp³-hybridized carbons (Fsp3) is 0.429. The predicted octanol–water partition coefficient (Wildman–Crippen LogP) is 1.69. The van der Waals surface area contributed by atoms with Gasteiger partial charge in [0.2, 0.25) is 0 Å². The van der Waals surface area contributed by atoms with Crippen molar-refractivity contribution in [1.82, 2.24) is 4.90 Å². The van der Waals surface area contributed by atoms with Gasteiger partial charge in [-0.15, -0.1) is 0 Å². The van der Waals surface area contributed by atoms with Crippen LogP contribution in [-0.4, -0.2) is 34.5 Å². The molecule has 1 N–H and O–H groups in total. The third kappa shape index (κ3) is 2.04. The highest BCUT2D eigenvalue weighted by Gasteiger charge is 2.38. The summed E-state index contributed by atoms with van der Waals surface area (Å²) in [4.78, 5) is 25.3. The number of hydrogen-bond donors (Lipinski definition) is 1. The van der Waals surface area contributed by atoms with E-state index in [1.807, 2.05) is 20.8 Å². The minimum Gasteiger partial charge on any atom is -0.391 e. The number of aliphatic hydroxyl groups is 1. The highest BCUT2D eigenvalue weighted by atomic mass is 16.3. The lowest BCUT2D eigenvalue weighted by atomic mass is 9.89. The maximum Gasteiger partial charge on any atom is 0.261 e. The normalized spacial score (nSPS) is 17.0. The first kappa shape index (κ1) is 12.8. The number of amides is 2. The van der Waals surface area contributed by atoms with E-state index in [0.717, 1.165) is 4.90 Å². The van der Waals surface area contributed by atoms with E-state index < -0.39 is 6.10 Å². The minimum atomic E-state index is -0.736. The SMILES string of the molecule is CC(C)(C)C(O)CN1C(=O)c2ccccc2C1=O. The Morgan fingerprint density at radius 1 is 1.11 bits per heavy atom. The van der Waals surface area contributed by atoms with E-state index in [9.17, 15) is 14.7 Å². The number of carbonyl (C=O) groups is 2. The Bertz CT molecular complexity index is 467. The van der Waals surface area contributed by atoms with Crippen LogP contribution < -0.4 is 0 Å². The van der Waals surface area contributed by atoms with Gasteiger partial charge in [0.25, 0.3) is 11.8 Å². The molecule has 2 amide bonds. The predicted molar refractivity (Wildman–Crippen MR) is 67.3 cm³/mol. The van der Waals surface area contributed by atoms with Gasteiger partial charge in [-0.25, -0.2) is 0 Å². The summed E-state index contributed by atoms with van der Waals surface area (Å²) < 4.78 is 0. The maximum absolute atomic E-state index is 12.1. The van der Waals surface area contributed by atoms with Crippen LogP contribution in [-0.2, 0) is 0 Å². The Morgan fingerprint density at radius 2 is 1.56 bits per heavy atom. The van der Waals surface area contributed by atoms with Crippen LogP contribution >= 0.6 is 0 Å². The van der Waals surface area contributed by atoms with Crippen molar-refractivity contribution in [3.8, 4) is 0 Å². The summed E-state index contributed by atoms with van der Waals surface area (Å²) in [6.45, 7) is 5.65. The molecule has 1 aromatic carbocycles. The molecule has 0 fully saturated rings. The number of rotatable bonds is 2. The molecule has 4 heteroatoms. The summed E-state index contributed by atoms with van der Waals surface area (Å²) in [5.74, 6) is -0.641. The Balaban J connectivity index is 2.24. The largest absolute Gasteiger partial charge is 0.391 e. The van der Waals surface area contributed by atoms with Gasteiger partial charge in [0, 0.05) is 0 Å². The zero-order valence-corrected chi connectivity index (χ0v) is 10.8. The third-order valence-corrected chi connectivity index (χ3v) is 3.23. The summed E-state index contributed by atoms with van der Waals surface area (Å²) in [5.41, 5.74) is 0.474. The number of nitrogens with zero attached hydrogens (tertiary/aromatic N) is 1. The molecule has 0 bridgehead atoms. The smallest absolute Gasteiger partial charge is 0.261 e. The van der Waals surface area contributed by atoms with Crippen molar-refractivity contribution in [2.45, 2.75) is 26.9 Å². The van der Waals surface area contributed by atoms with Crippen LogP contribution in [0.5, 0.6) is 0 Å². The first-order valence-corrected chi connectivity index (χ1v) is 5.95. The van der Waals surface area contributed by atoms with E-state index in [4.69, 9.17) is 0 Å². The molecule has 0 saturated carbocycles. The number of benzene rings is 1. The summed E-state index contributed by atoms with van der Waals surface area (Å²) in [6.07, 6.45) is -0.736. The van der Waals surface area contributed by atoms with Gasteiger partial charge in [0.1, 0.15) is 0 Å². The van der Waals surface area contributed by atoms with Gasteiger partial charge in [0.15, 0.2) is 0 Å². The average Bonchev–Trinajstić information content (AvgIpc) is 2.54. The third-order valence-electron chi connectivity index (χ3n) is 3.23. The van der Waals surface area contributed by atoms with Crippen LogP contribution in [0, 0.1) is 5.41 Å². The van der Waals surface area contributed by atoms with E-state index in [1.165, 1.54) is 0 Å². The van der Waals surface area contributed by atoms with Gasteiger partial charge >= 0.3 is 0 Å². The number of hydrogen-bond acceptors (Lipinski definition) is 3. The first-order valence-electron chi connectivity index (χ1n) is 5.95. The molecule has 96 valence electrons. The second kappa shape index (κ2) is 4.21. The van der Waals surface area contributed by atoms with E-state index in [-0.39, 0.29) is 23.8 Å². The lowest BCUT2D eigenvalue weighted by Crippen LogP contribution is -2.42. The molecule has 0 aromatic heterocycles. The van der Waals surface area contributed by atoms with Gasteiger partial charge in [-0.05, 0) is 17.5 Å². The molecule has 1 aliphatic rings. The maximum atomic E-state index is 12.1. The van der Waals surface area contributed by atoms with Crippen LogP contribution in [0.1, 0.15) is 41.5 Å². The van der Waals surface area contributed by atoms with Crippen LogP contribution in [0.3, 0.4) is 0 Å². The van der Waals surface area contributed by atoms with Crippen molar-refractivity contribution in [2.24, 2.45) is 5.41 Å². The van der Waals surface area contributed by atoms with Crippen LogP contribution in [0.2, 0.25) is 0 Å². The molecule has 1 aromatic rings. The Labute approximate surface area is 106 Å². The topological polar surface area (TPSA) is 57.6 Å². The van der Waals surface area contributed by atoms with E-state index in [2.05, 4.69) is 0 Å². The van der Waals surface area contributed by atoms with Gasteiger partial charge in [-0.1, -0.05) is 32.9 Å². The van der Waals surface area contributed by atoms with Crippen molar-refractivity contribution in [1.29, 1.82) is 0 Å². The van der Waals surface area contributed by atoms with Gasteiger partial charge in [-0.3, -0.25) is 14.5 Å². The molecular formula is C14H17NO3. The standard InChI is InChI=1S/C14H17NO3/c1-14(2,3)11(16)8-15-12(17)9-6-4-5-7-10(9)13(15)18/h4-7,11,16H,8H2,1-3H3. The molecule has 1 unspecified atom stereocenters.